The second-order valence-corrected chi connectivity index (χ2v) is 3.43. The summed E-state index contributed by atoms with van der Waals surface area (Å²) in [7, 11) is 0. The lowest BCUT2D eigenvalue weighted by Crippen LogP contribution is -2.15. The van der Waals surface area contributed by atoms with E-state index in [0.29, 0.717) is 0 Å². The first kappa shape index (κ1) is 12.6. The van der Waals surface area contributed by atoms with Crippen molar-refractivity contribution < 1.29 is 19.6 Å². The van der Waals surface area contributed by atoms with Crippen LogP contribution in [0.2, 0.25) is 0 Å². The summed E-state index contributed by atoms with van der Waals surface area (Å²) in [6.45, 7) is 1.17. The Kier molecular flexibility index (Phi) is 3.42. The SMILES string of the molecule is CC(=O)c1ccc(CC(N)=O)c([N+](=O)[O-])c1O. The van der Waals surface area contributed by atoms with Gasteiger partial charge in [-0.1, -0.05) is 6.07 Å². The van der Waals surface area contributed by atoms with Crippen molar-refractivity contribution in [2.75, 3.05) is 0 Å². The van der Waals surface area contributed by atoms with E-state index < -0.39 is 28.1 Å². The van der Waals surface area contributed by atoms with Gasteiger partial charge in [-0.25, -0.2) is 0 Å². The van der Waals surface area contributed by atoms with E-state index in [9.17, 15) is 24.8 Å². The van der Waals surface area contributed by atoms with Crippen molar-refractivity contribution in [3.8, 4) is 5.75 Å². The molecule has 17 heavy (non-hydrogen) atoms. The standard InChI is InChI=1S/C10H10N2O5/c1-5(13)7-3-2-6(4-8(11)14)9(10(7)15)12(16)17/h2-3,15H,4H2,1H3,(H2,11,14). The number of nitrogens with two attached hydrogens (primary N) is 1. The number of Topliss-reactive ketones (excluding diaryl/α,β-unsaturated/α-hetero) is 1. The number of ketones is 1. The third-order valence-electron chi connectivity index (χ3n) is 2.16. The van der Waals surface area contributed by atoms with E-state index in [4.69, 9.17) is 5.73 Å². The molecule has 7 nitrogen and oxygen atoms in total. The summed E-state index contributed by atoms with van der Waals surface area (Å²) in [5.41, 5.74) is 4.09. The van der Waals surface area contributed by atoms with E-state index in [1.807, 2.05) is 0 Å². The summed E-state index contributed by atoms with van der Waals surface area (Å²) in [5.74, 6) is -2.00. The van der Waals surface area contributed by atoms with E-state index in [1.54, 1.807) is 0 Å². The molecule has 0 heterocycles. The number of aromatic hydroxyl groups is 1. The van der Waals surface area contributed by atoms with Crippen molar-refractivity contribution in [2.45, 2.75) is 13.3 Å². The van der Waals surface area contributed by atoms with Crippen molar-refractivity contribution in [3.05, 3.63) is 33.4 Å². The topological polar surface area (TPSA) is 124 Å². The Morgan fingerprint density at radius 1 is 1.47 bits per heavy atom. The first-order valence-corrected chi connectivity index (χ1v) is 4.63. The van der Waals surface area contributed by atoms with Gasteiger partial charge in [0.05, 0.1) is 16.9 Å². The lowest BCUT2D eigenvalue weighted by molar-refractivity contribution is -0.386. The first-order valence-electron chi connectivity index (χ1n) is 4.63. The predicted molar refractivity (Wildman–Crippen MR) is 57.7 cm³/mol. The second kappa shape index (κ2) is 4.60. The van der Waals surface area contributed by atoms with Crippen LogP contribution in [0.1, 0.15) is 22.8 Å². The van der Waals surface area contributed by atoms with Gasteiger partial charge in [-0.2, -0.15) is 0 Å². The van der Waals surface area contributed by atoms with Gasteiger partial charge in [0.25, 0.3) is 0 Å². The summed E-state index contributed by atoms with van der Waals surface area (Å²) in [4.78, 5) is 31.8. The Bertz CT molecular complexity index is 510. The van der Waals surface area contributed by atoms with Crippen LogP contribution < -0.4 is 5.73 Å². The van der Waals surface area contributed by atoms with Crippen molar-refractivity contribution in [2.24, 2.45) is 5.73 Å². The summed E-state index contributed by atoms with van der Waals surface area (Å²) in [6.07, 6.45) is -0.373. The fraction of sp³-hybridized carbons (Fsp3) is 0.200. The number of carbonyl (C=O) groups excluding carboxylic acids is 2. The van der Waals surface area contributed by atoms with Gasteiger partial charge < -0.3 is 10.8 Å². The van der Waals surface area contributed by atoms with Crippen LogP contribution in [0.15, 0.2) is 12.1 Å². The van der Waals surface area contributed by atoms with Gasteiger partial charge in [-0.3, -0.25) is 19.7 Å². The highest BCUT2D eigenvalue weighted by Gasteiger charge is 2.25. The summed E-state index contributed by atoms with van der Waals surface area (Å²) in [6, 6.07) is 2.46. The van der Waals surface area contributed by atoms with Crippen molar-refractivity contribution >= 4 is 17.4 Å². The molecule has 0 atom stereocenters. The molecule has 1 aromatic carbocycles. The number of nitrogens with zero attached hydrogens (tertiary/aromatic N) is 1. The number of hydrogen-bond acceptors (Lipinski definition) is 5. The number of rotatable bonds is 4. The molecule has 1 aromatic rings. The largest absolute Gasteiger partial charge is 0.502 e. The van der Waals surface area contributed by atoms with E-state index in [0.717, 1.165) is 0 Å². The number of primary amides is 1. The van der Waals surface area contributed by atoms with Gasteiger partial charge in [-0.15, -0.1) is 0 Å². The quantitative estimate of drug-likeness (QED) is 0.449. The minimum absolute atomic E-state index is 0.0231. The second-order valence-electron chi connectivity index (χ2n) is 3.43. The van der Waals surface area contributed by atoms with Crippen molar-refractivity contribution in [3.63, 3.8) is 0 Å². The average Bonchev–Trinajstić information content (AvgIpc) is 2.15. The predicted octanol–water partition coefficient (Wildman–Crippen LogP) is 0.531. The van der Waals surface area contributed by atoms with Gasteiger partial charge in [0.15, 0.2) is 5.78 Å². The van der Waals surface area contributed by atoms with Crippen molar-refractivity contribution in [1.82, 2.24) is 0 Å². The molecule has 7 heteroatoms. The van der Waals surface area contributed by atoms with E-state index in [2.05, 4.69) is 0 Å². The van der Waals surface area contributed by atoms with Crippen molar-refractivity contribution in [1.29, 1.82) is 0 Å². The lowest BCUT2D eigenvalue weighted by atomic mass is 10.0. The summed E-state index contributed by atoms with van der Waals surface area (Å²) >= 11 is 0. The molecule has 0 aliphatic rings. The van der Waals surface area contributed by atoms with Crippen LogP contribution >= 0.6 is 0 Å². The van der Waals surface area contributed by atoms with Crippen LogP contribution in [0.5, 0.6) is 5.75 Å². The molecule has 0 aliphatic heterocycles. The first-order chi connectivity index (χ1) is 7.84. The third kappa shape index (κ3) is 2.57. The van der Waals surface area contributed by atoms with Crippen LogP contribution in [-0.2, 0) is 11.2 Å². The molecular formula is C10H10N2O5. The van der Waals surface area contributed by atoms with E-state index >= 15 is 0 Å². The Hall–Kier alpha value is -2.44. The molecule has 0 aromatic heterocycles. The van der Waals surface area contributed by atoms with Gasteiger partial charge in [0, 0.05) is 5.56 Å². The molecule has 0 saturated heterocycles. The molecule has 1 rings (SSSR count). The van der Waals surface area contributed by atoms with Gasteiger partial charge in [0.2, 0.25) is 11.7 Å². The maximum absolute atomic E-state index is 11.1. The fourth-order valence-electron chi connectivity index (χ4n) is 1.44. The fourth-order valence-corrected chi connectivity index (χ4v) is 1.44. The number of phenols is 1. The molecule has 0 unspecified atom stereocenters. The highest BCUT2D eigenvalue weighted by Crippen LogP contribution is 2.33. The molecule has 0 aliphatic carbocycles. The molecule has 3 N–H and O–H groups in total. The third-order valence-corrected chi connectivity index (χ3v) is 2.16. The summed E-state index contributed by atoms with van der Waals surface area (Å²) in [5, 5.41) is 20.4. The van der Waals surface area contributed by atoms with Crippen LogP contribution in [-0.4, -0.2) is 21.7 Å². The highest BCUT2D eigenvalue weighted by atomic mass is 16.6. The molecule has 0 bridgehead atoms. The maximum atomic E-state index is 11.1. The minimum Gasteiger partial charge on any atom is -0.502 e. The molecule has 0 fully saturated rings. The number of amides is 1. The highest BCUT2D eigenvalue weighted by molar-refractivity contribution is 5.98. The summed E-state index contributed by atoms with van der Waals surface area (Å²) < 4.78 is 0. The van der Waals surface area contributed by atoms with Crippen LogP contribution in [0.4, 0.5) is 5.69 Å². The average molecular weight is 238 g/mol. The van der Waals surface area contributed by atoms with Gasteiger partial charge in [-0.05, 0) is 13.0 Å². The molecule has 0 spiro atoms. The van der Waals surface area contributed by atoms with Gasteiger partial charge >= 0.3 is 5.69 Å². The van der Waals surface area contributed by atoms with Crippen LogP contribution in [0.25, 0.3) is 0 Å². The smallest absolute Gasteiger partial charge is 0.315 e. The number of phenolic OH excluding ortho intramolecular Hbond substituents is 1. The molecule has 90 valence electrons. The number of nitro benzene ring substituents is 1. The monoisotopic (exact) mass is 238 g/mol. The molecule has 0 saturated carbocycles. The maximum Gasteiger partial charge on any atom is 0.315 e. The lowest BCUT2D eigenvalue weighted by Gasteiger charge is -2.05. The zero-order chi connectivity index (χ0) is 13.2. The zero-order valence-corrected chi connectivity index (χ0v) is 8.97. The van der Waals surface area contributed by atoms with E-state index in [-0.39, 0.29) is 17.5 Å². The molecular weight excluding hydrogens is 228 g/mol. The number of benzene rings is 1. The number of hydrogen-bond donors (Lipinski definition) is 2. The Labute approximate surface area is 96.0 Å². The normalized spacial score (nSPS) is 9.94. The molecule has 1 amide bonds. The number of carbonyl (C=O) groups is 2. The van der Waals surface area contributed by atoms with Crippen LogP contribution in [0.3, 0.4) is 0 Å². The Balaban J connectivity index is 3.44. The molecule has 0 radical (unpaired) electrons. The van der Waals surface area contributed by atoms with Crippen LogP contribution in [0, 0.1) is 10.1 Å². The zero-order valence-electron chi connectivity index (χ0n) is 8.97. The Morgan fingerprint density at radius 3 is 2.47 bits per heavy atom. The Morgan fingerprint density at radius 2 is 2.06 bits per heavy atom. The van der Waals surface area contributed by atoms with E-state index in [1.165, 1.54) is 19.1 Å². The number of nitro groups is 1. The minimum atomic E-state index is -0.847. The van der Waals surface area contributed by atoms with Gasteiger partial charge in [0.1, 0.15) is 0 Å².